The van der Waals surface area contributed by atoms with Crippen LogP contribution in [0.1, 0.15) is 5.82 Å². The maximum Gasteiger partial charge on any atom is 0.152 e. The van der Waals surface area contributed by atoms with Gasteiger partial charge in [0.05, 0.1) is 15.5 Å². The van der Waals surface area contributed by atoms with Crippen LogP contribution in [0.15, 0.2) is 45.5 Å². The second kappa shape index (κ2) is 4.48. The molecule has 0 spiro atoms. The number of hydrogen-bond donors (Lipinski definition) is 0. The first-order valence-electron chi connectivity index (χ1n) is 5.42. The predicted octanol–water partition coefficient (Wildman–Crippen LogP) is 4.25. The number of aryl methyl sites for hydroxylation is 1. The lowest BCUT2D eigenvalue weighted by Gasteiger charge is -2.08. The first-order chi connectivity index (χ1) is 8.66. The SMILES string of the molecule is Cc1nc2ccccc2n1-c1ncc(Br)cc1Br. The monoisotopic (exact) mass is 365 g/mol. The van der Waals surface area contributed by atoms with Gasteiger partial charge in [0.15, 0.2) is 5.82 Å². The number of nitrogens with zero attached hydrogens (tertiary/aromatic N) is 3. The molecule has 0 atom stereocenters. The van der Waals surface area contributed by atoms with E-state index < -0.39 is 0 Å². The van der Waals surface area contributed by atoms with Gasteiger partial charge in [0.2, 0.25) is 0 Å². The van der Waals surface area contributed by atoms with E-state index in [1.165, 1.54) is 0 Å². The van der Waals surface area contributed by atoms with Crippen LogP contribution in [-0.4, -0.2) is 14.5 Å². The van der Waals surface area contributed by atoms with Crippen molar-refractivity contribution in [2.45, 2.75) is 6.92 Å². The molecule has 0 fully saturated rings. The van der Waals surface area contributed by atoms with Crippen molar-refractivity contribution in [3.05, 3.63) is 51.3 Å². The molecule has 0 saturated carbocycles. The van der Waals surface area contributed by atoms with Crippen molar-refractivity contribution in [2.24, 2.45) is 0 Å². The molecule has 0 unspecified atom stereocenters. The van der Waals surface area contributed by atoms with Gasteiger partial charge < -0.3 is 0 Å². The van der Waals surface area contributed by atoms with Gasteiger partial charge in [-0.05, 0) is 57.0 Å². The molecule has 3 nitrogen and oxygen atoms in total. The molecule has 18 heavy (non-hydrogen) atoms. The fourth-order valence-electron chi connectivity index (χ4n) is 1.99. The second-order valence-corrected chi connectivity index (χ2v) is 5.71. The molecule has 0 bridgehead atoms. The highest BCUT2D eigenvalue weighted by Gasteiger charge is 2.12. The van der Waals surface area contributed by atoms with E-state index in [0.29, 0.717) is 0 Å². The van der Waals surface area contributed by atoms with E-state index in [2.05, 4.69) is 41.8 Å². The minimum atomic E-state index is 0.851. The summed E-state index contributed by atoms with van der Waals surface area (Å²) in [6, 6.07) is 10.0. The number of fused-ring (bicyclic) bond motifs is 1. The Bertz CT molecular complexity index is 734. The van der Waals surface area contributed by atoms with E-state index in [1.54, 1.807) is 6.20 Å². The van der Waals surface area contributed by atoms with Crippen LogP contribution in [-0.2, 0) is 0 Å². The van der Waals surface area contributed by atoms with Crippen LogP contribution in [0.3, 0.4) is 0 Å². The van der Waals surface area contributed by atoms with Gasteiger partial charge in [0.25, 0.3) is 0 Å². The Morgan fingerprint density at radius 2 is 1.94 bits per heavy atom. The Morgan fingerprint density at radius 1 is 1.17 bits per heavy atom. The highest BCUT2D eigenvalue weighted by Crippen LogP contribution is 2.27. The number of rotatable bonds is 1. The molecule has 0 amide bonds. The summed E-state index contributed by atoms with van der Waals surface area (Å²) in [5.74, 6) is 1.77. The maximum atomic E-state index is 4.54. The van der Waals surface area contributed by atoms with Crippen molar-refractivity contribution in [1.82, 2.24) is 14.5 Å². The van der Waals surface area contributed by atoms with E-state index in [0.717, 1.165) is 31.6 Å². The van der Waals surface area contributed by atoms with Gasteiger partial charge in [-0.25, -0.2) is 9.97 Å². The number of imidazole rings is 1. The van der Waals surface area contributed by atoms with Crippen LogP contribution >= 0.6 is 31.9 Å². The zero-order valence-electron chi connectivity index (χ0n) is 9.56. The number of hydrogen-bond acceptors (Lipinski definition) is 2. The van der Waals surface area contributed by atoms with Crippen molar-refractivity contribution < 1.29 is 0 Å². The van der Waals surface area contributed by atoms with Crippen molar-refractivity contribution in [2.75, 3.05) is 0 Å². The van der Waals surface area contributed by atoms with E-state index >= 15 is 0 Å². The standard InChI is InChI=1S/C13H9Br2N3/c1-8-17-11-4-2-3-5-12(11)18(8)13-10(15)6-9(14)7-16-13/h2-7H,1H3. The average molecular weight is 367 g/mol. The summed E-state index contributed by atoms with van der Waals surface area (Å²) in [5, 5.41) is 0. The quantitative estimate of drug-likeness (QED) is 0.644. The number of benzene rings is 1. The predicted molar refractivity (Wildman–Crippen MR) is 79.0 cm³/mol. The van der Waals surface area contributed by atoms with Crippen LogP contribution in [0, 0.1) is 6.92 Å². The highest BCUT2D eigenvalue weighted by atomic mass is 79.9. The van der Waals surface area contributed by atoms with Gasteiger partial charge in [0.1, 0.15) is 5.82 Å². The Labute approximate surface area is 121 Å². The molecule has 0 saturated heterocycles. The second-order valence-electron chi connectivity index (χ2n) is 3.94. The minimum absolute atomic E-state index is 0.851. The Morgan fingerprint density at radius 3 is 2.72 bits per heavy atom. The largest absolute Gasteiger partial charge is 0.280 e. The normalized spacial score (nSPS) is 11.1. The van der Waals surface area contributed by atoms with Crippen LogP contribution in [0.2, 0.25) is 0 Å². The fraction of sp³-hybridized carbons (Fsp3) is 0.0769. The number of para-hydroxylation sites is 2. The van der Waals surface area contributed by atoms with Crippen LogP contribution in [0.4, 0.5) is 0 Å². The first-order valence-corrected chi connectivity index (χ1v) is 7.01. The third-order valence-electron chi connectivity index (χ3n) is 2.73. The summed E-state index contributed by atoms with van der Waals surface area (Å²) in [4.78, 5) is 9.00. The Hall–Kier alpha value is -1.20. The average Bonchev–Trinajstić information content (AvgIpc) is 2.66. The molecular formula is C13H9Br2N3. The van der Waals surface area contributed by atoms with Crippen molar-refractivity contribution >= 4 is 42.9 Å². The van der Waals surface area contributed by atoms with Gasteiger partial charge in [-0.2, -0.15) is 0 Å². The lowest BCUT2D eigenvalue weighted by molar-refractivity contribution is 0.948. The Balaban J connectivity index is 2.34. The van der Waals surface area contributed by atoms with E-state index in [9.17, 15) is 0 Å². The molecule has 0 aliphatic carbocycles. The first kappa shape index (κ1) is 11.9. The highest BCUT2D eigenvalue weighted by molar-refractivity contribution is 9.11. The molecule has 0 radical (unpaired) electrons. The smallest absolute Gasteiger partial charge is 0.152 e. The number of aromatic nitrogens is 3. The third-order valence-corrected chi connectivity index (χ3v) is 3.75. The lowest BCUT2D eigenvalue weighted by atomic mass is 10.3. The van der Waals surface area contributed by atoms with Crippen LogP contribution in [0.5, 0.6) is 0 Å². The van der Waals surface area contributed by atoms with Gasteiger partial charge >= 0.3 is 0 Å². The lowest BCUT2D eigenvalue weighted by Crippen LogP contribution is -2.00. The van der Waals surface area contributed by atoms with Crippen molar-refractivity contribution in [3.8, 4) is 5.82 Å². The topological polar surface area (TPSA) is 30.7 Å². The molecule has 5 heteroatoms. The van der Waals surface area contributed by atoms with Crippen LogP contribution in [0.25, 0.3) is 16.9 Å². The van der Waals surface area contributed by atoms with E-state index in [4.69, 9.17) is 0 Å². The van der Waals surface area contributed by atoms with Gasteiger partial charge in [0, 0.05) is 10.7 Å². The molecular weight excluding hydrogens is 358 g/mol. The van der Waals surface area contributed by atoms with E-state index in [1.807, 2.05) is 41.8 Å². The summed E-state index contributed by atoms with van der Waals surface area (Å²) in [6.45, 7) is 1.98. The minimum Gasteiger partial charge on any atom is -0.280 e. The van der Waals surface area contributed by atoms with Crippen LogP contribution < -0.4 is 0 Å². The summed E-state index contributed by atoms with van der Waals surface area (Å²) < 4.78 is 3.93. The molecule has 1 aromatic carbocycles. The zero-order chi connectivity index (χ0) is 12.7. The molecule has 0 aliphatic heterocycles. The summed E-state index contributed by atoms with van der Waals surface area (Å²) in [7, 11) is 0. The molecule has 0 N–H and O–H groups in total. The molecule has 0 aliphatic rings. The Kier molecular flexibility index (Phi) is 2.95. The summed E-state index contributed by atoms with van der Waals surface area (Å²) in [6.07, 6.45) is 1.79. The van der Waals surface area contributed by atoms with Gasteiger partial charge in [-0.1, -0.05) is 12.1 Å². The molecule has 2 heterocycles. The molecule has 2 aromatic heterocycles. The molecule has 90 valence electrons. The van der Waals surface area contributed by atoms with Gasteiger partial charge in [-0.3, -0.25) is 4.57 Å². The zero-order valence-corrected chi connectivity index (χ0v) is 12.7. The number of halogens is 2. The van der Waals surface area contributed by atoms with Crippen molar-refractivity contribution in [1.29, 1.82) is 0 Å². The van der Waals surface area contributed by atoms with Gasteiger partial charge in [-0.15, -0.1) is 0 Å². The number of pyridine rings is 1. The third kappa shape index (κ3) is 1.87. The fourth-order valence-corrected chi connectivity index (χ4v) is 3.15. The van der Waals surface area contributed by atoms with E-state index in [-0.39, 0.29) is 0 Å². The molecule has 3 aromatic rings. The summed E-state index contributed by atoms with van der Waals surface area (Å²) in [5.41, 5.74) is 2.04. The van der Waals surface area contributed by atoms with Crippen molar-refractivity contribution in [3.63, 3.8) is 0 Å². The molecule has 3 rings (SSSR count). The maximum absolute atomic E-state index is 4.54. The summed E-state index contributed by atoms with van der Waals surface area (Å²) >= 11 is 6.96.